The molecule has 0 heterocycles. The quantitative estimate of drug-likeness (QED) is 0.123. The average Bonchev–Trinajstić information content (AvgIpc) is 3.00. The van der Waals surface area contributed by atoms with Crippen molar-refractivity contribution in [2.24, 2.45) is 0 Å². The van der Waals surface area contributed by atoms with Gasteiger partial charge in [0.1, 0.15) is 0 Å². The van der Waals surface area contributed by atoms with Crippen LogP contribution in [0.15, 0.2) is 87.5 Å². The van der Waals surface area contributed by atoms with E-state index < -0.39 is 76.6 Å². The third kappa shape index (κ3) is 9.29. The standard InChI is InChI=1S/C24H27N7O12S3/c32-29(33)19-7-1-4-10-22(19)44(38,39)25-13-16-28(17-14-26-45(40,41)23-11-5-2-8-20(23)30(34)35)18-15-27-46(42,43)24-12-6-3-9-21(24)31(36)37/h1-12,25-27H,13-18H2. The number of nitrogens with one attached hydrogen (secondary N) is 3. The molecular weight excluding hydrogens is 675 g/mol. The van der Waals surface area contributed by atoms with Gasteiger partial charge < -0.3 is 0 Å². The summed E-state index contributed by atoms with van der Waals surface area (Å²) in [6, 6.07) is 13.9. The van der Waals surface area contributed by atoms with Crippen molar-refractivity contribution in [1.82, 2.24) is 19.1 Å². The fourth-order valence-corrected chi connectivity index (χ4v) is 7.66. The molecule has 0 aromatic heterocycles. The molecular formula is C24H27N7O12S3. The fraction of sp³-hybridized carbons (Fsp3) is 0.250. The first-order valence-corrected chi connectivity index (χ1v) is 17.4. The van der Waals surface area contributed by atoms with Crippen molar-refractivity contribution >= 4 is 47.1 Å². The number of nitro benzene ring substituents is 3. The average molecular weight is 702 g/mol. The van der Waals surface area contributed by atoms with E-state index in [1.807, 2.05) is 0 Å². The zero-order chi connectivity index (χ0) is 34.1. The minimum Gasteiger partial charge on any atom is -0.299 e. The molecule has 0 fully saturated rings. The number of sulfonamides is 3. The minimum absolute atomic E-state index is 0.166. The summed E-state index contributed by atoms with van der Waals surface area (Å²) in [5.41, 5.74) is -2.00. The van der Waals surface area contributed by atoms with E-state index in [4.69, 9.17) is 0 Å². The molecule has 0 spiro atoms. The highest BCUT2D eigenvalue weighted by Crippen LogP contribution is 2.24. The molecule has 3 aromatic carbocycles. The Morgan fingerprint density at radius 2 is 0.717 bits per heavy atom. The summed E-state index contributed by atoms with van der Waals surface area (Å²) in [4.78, 5) is 30.9. The van der Waals surface area contributed by atoms with Gasteiger partial charge in [-0.05, 0) is 18.2 Å². The van der Waals surface area contributed by atoms with Crippen molar-refractivity contribution in [3.63, 3.8) is 0 Å². The zero-order valence-corrected chi connectivity index (χ0v) is 26.0. The second-order valence-electron chi connectivity index (χ2n) is 9.21. The van der Waals surface area contributed by atoms with Crippen LogP contribution in [0.25, 0.3) is 0 Å². The maximum Gasteiger partial charge on any atom is 0.289 e. The molecule has 19 nitrogen and oxygen atoms in total. The third-order valence-corrected chi connectivity index (χ3v) is 10.7. The highest BCUT2D eigenvalue weighted by molar-refractivity contribution is 7.90. The van der Waals surface area contributed by atoms with Crippen molar-refractivity contribution in [3.8, 4) is 0 Å². The summed E-state index contributed by atoms with van der Waals surface area (Å²) in [6.07, 6.45) is 0. The van der Waals surface area contributed by atoms with E-state index in [0.29, 0.717) is 0 Å². The van der Waals surface area contributed by atoms with Gasteiger partial charge in [0.05, 0.1) is 14.8 Å². The summed E-state index contributed by atoms with van der Waals surface area (Å²) in [6.45, 7) is -1.58. The molecule has 248 valence electrons. The molecule has 0 amide bonds. The van der Waals surface area contributed by atoms with E-state index in [1.54, 1.807) is 0 Å². The molecule has 0 saturated carbocycles. The highest BCUT2D eigenvalue weighted by Gasteiger charge is 2.27. The maximum atomic E-state index is 12.8. The smallest absolute Gasteiger partial charge is 0.289 e. The van der Waals surface area contributed by atoms with Gasteiger partial charge in [0, 0.05) is 57.5 Å². The van der Waals surface area contributed by atoms with Crippen molar-refractivity contribution in [2.75, 3.05) is 39.3 Å². The fourth-order valence-electron chi connectivity index (χ4n) is 4.09. The number of benzene rings is 3. The molecule has 0 bridgehead atoms. The largest absolute Gasteiger partial charge is 0.299 e. The van der Waals surface area contributed by atoms with Crippen molar-refractivity contribution in [2.45, 2.75) is 14.7 Å². The lowest BCUT2D eigenvalue weighted by molar-refractivity contribution is -0.388. The van der Waals surface area contributed by atoms with Crippen LogP contribution in [0.4, 0.5) is 17.1 Å². The lowest BCUT2D eigenvalue weighted by atomic mass is 10.3. The van der Waals surface area contributed by atoms with E-state index in [0.717, 1.165) is 36.4 Å². The van der Waals surface area contributed by atoms with Gasteiger partial charge in [-0.25, -0.2) is 39.4 Å². The van der Waals surface area contributed by atoms with E-state index in [1.165, 1.54) is 41.3 Å². The lowest BCUT2D eigenvalue weighted by Gasteiger charge is -2.23. The van der Waals surface area contributed by atoms with Crippen LogP contribution in [0.3, 0.4) is 0 Å². The molecule has 0 saturated heterocycles. The van der Waals surface area contributed by atoms with Crippen molar-refractivity contribution < 1.29 is 40.0 Å². The Morgan fingerprint density at radius 1 is 0.478 bits per heavy atom. The molecule has 22 heteroatoms. The SMILES string of the molecule is O=[N+]([O-])c1ccccc1S(=O)(=O)NCCN(CCNS(=O)(=O)c1ccccc1[N+](=O)[O-])CCNS(=O)(=O)c1ccccc1[N+](=O)[O-]. The summed E-state index contributed by atoms with van der Waals surface area (Å²) in [7, 11) is -13.2. The van der Waals surface area contributed by atoms with Crippen LogP contribution in [0.1, 0.15) is 0 Å². The Morgan fingerprint density at radius 3 is 0.957 bits per heavy atom. The first-order chi connectivity index (χ1) is 21.6. The van der Waals surface area contributed by atoms with Gasteiger partial charge in [0.2, 0.25) is 30.1 Å². The molecule has 0 aliphatic rings. The van der Waals surface area contributed by atoms with Crippen molar-refractivity contribution in [1.29, 1.82) is 0 Å². The molecule has 0 radical (unpaired) electrons. The predicted octanol–water partition coefficient (Wildman–Crippen LogP) is 0.949. The lowest BCUT2D eigenvalue weighted by Crippen LogP contribution is -2.43. The third-order valence-electron chi connectivity index (χ3n) is 6.21. The van der Waals surface area contributed by atoms with E-state index in [-0.39, 0.29) is 39.3 Å². The van der Waals surface area contributed by atoms with E-state index in [2.05, 4.69) is 14.2 Å². The number of hydrogen-bond donors (Lipinski definition) is 3. The first kappa shape index (κ1) is 36.0. The minimum atomic E-state index is -4.39. The number of hydrogen-bond acceptors (Lipinski definition) is 13. The first-order valence-electron chi connectivity index (χ1n) is 13.0. The highest BCUT2D eigenvalue weighted by atomic mass is 32.2. The van der Waals surface area contributed by atoms with Gasteiger partial charge >= 0.3 is 0 Å². The van der Waals surface area contributed by atoms with E-state index in [9.17, 15) is 55.6 Å². The van der Waals surface area contributed by atoms with Crippen LogP contribution in [0.5, 0.6) is 0 Å². The summed E-state index contributed by atoms with van der Waals surface area (Å²) >= 11 is 0. The molecule has 3 N–H and O–H groups in total. The van der Waals surface area contributed by atoms with Crippen LogP contribution in [-0.2, 0) is 30.1 Å². The maximum absolute atomic E-state index is 12.8. The number of para-hydroxylation sites is 3. The van der Waals surface area contributed by atoms with Gasteiger partial charge in [-0.3, -0.25) is 35.2 Å². The summed E-state index contributed by atoms with van der Waals surface area (Å²) < 4.78 is 83.4. The van der Waals surface area contributed by atoms with Crippen LogP contribution in [-0.4, -0.2) is 84.2 Å². The molecule has 0 atom stereocenters. The van der Waals surface area contributed by atoms with Gasteiger partial charge in [0.25, 0.3) is 17.1 Å². The van der Waals surface area contributed by atoms with Crippen LogP contribution in [0, 0.1) is 30.3 Å². The number of nitrogens with zero attached hydrogens (tertiary/aromatic N) is 4. The van der Waals surface area contributed by atoms with Crippen molar-refractivity contribution in [3.05, 3.63) is 103 Å². The van der Waals surface area contributed by atoms with Gasteiger partial charge in [-0.1, -0.05) is 36.4 Å². The molecule has 0 unspecified atom stereocenters. The predicted molar refractivity (Wildman–Crippen MR) is 161 cm³/mol. The van der Waals surface area contributed by atoms with Gasteiger partial charge in [-0.15, -0.1) is 0 Å². The van der Waals surface area contributed by atoms with Gasteiger partial charge in [-0.2, -0.15) is 0 Å². The molecule has 46 heavy (non-hydrogen) atoms. The summed E-state index contributed by atoms with van der Waals surface area (Å²) in [5.74, 6) is 0. The van der Waals surface area contributed by atoms with Crippen LogP contribution >= 0.6 is 0 Å². The Balaban J connectivity index is 1.74. The van der Waals surface area contributed by atoms with Crippen LogP contribution in [0.2, 0.25) is 0 Å². The Kier molecular flexibility index (Phi) is 11.9. The van der Waals surface area contributed by atoms with E-state index >= 15 is 0 Å². The normalized spacial score (nSPS) is 12.2. The Bertz CT molecular complexity index is 1720. The summed E-state index contributed by atoms with van der Waals surface area (Å²) in [5, 5.41) is 33.9. The second kappa shape index (κ2) is 15.2. The second-order valence-corrected chi connectivity index (χ2v) is 14.4. The molecule has 0 aliphatic carbocycles. The molecule has 0 aliphatic heterocycles. The van der Waals surface area contributed by atoms with Crippen LogP contribution < -0.4 is 14.2 Å². The van der Waals surface area contributed by atoms with Gasteiger partial charge in [0.15, 0.2) is 14.7 Å². The molecule has 3 rings (SSSR count). The number of nitro groups is 3. The Hall–Kier alpha value is -4.45. The number of rotatable bonds is 18. The topological polar surface area (TPSA) is 271 Å². The molecule has 3 aromatic rings. The Labute approximate surface area is 262 Å². The monoisotopic (exact) mass is 701 g/mol. The zero-order valence-electron chi connectivity index (χ0n) is 23.6.